The van der Waals surface area contributed by atoms with E-state index in [1.165, 1.54) is 28.0 Å². The van der Waals surface area contributed by atoms with Crippen LogP contribution in [0.2, 0.25) is 0 Å². The van der Waals surface area contributed by atoms with Crippen LogP contribution in [0.25, 0.3) is 11.3 Å². The average Bonchev–Trinajstić information content (AvgIpc) is 3.28. The molecular weight excluding hydrogens is 426 g/mol. The number of halogens is 1. The number of hydrogen-bond donors (Lipinski definition) is 0. The van der Waals surface area contributed by atoms with Crippen molar-refractivity contribution in [3.05, 3.63) is 127 Å². The van der Waals surface area contributed by atoms with E-state index in [2.05, 4.69) is 104 Å². The molecule has 2 nitrogen and oxygen atoms in total. The maximum atomic E-state index is 13.6. The van der Waals surface area contributed by atoms with Gasteiger partial charge in [0, 0.05) is 0 Å². The Bertz CT molecular complexity index is 1280. The van der Waals surface area contributed by atoms with Gasteiger partial charge in [0.25, 0.3) is 0 Å². The average molecular weight is 453 g/mol. The third-order valence-electron chi connectivity index (χ3n) is 6.78. The molecule has 0 saturated carbocycles. The molecule has 0 bridgehead atoms. The Morgan fingerprint density at radius 2 is 1.06 bits per heavy atom. The molecule has 0 N–H and O–H groups in total. The predicted molar refractivity (Wildman–Crippen MR) is 139 cm³/mol. The second-order valence-corrected chi connectivity index (χ2v) is 13.7. The maximum absolute atomic E-state index is 13.6. The summed E-state index contributed by atoms with van der Waals surface area (Å²) >= 11 is 0. The van der Waals surface area contributed by atoms with Gasteiger partial charge >= 0.3 is 194 Å². The van der Waals surface area contributed by atoms with Crippen LogP contribution in [0.1, 0.15) is 0 Å². The van der Waals surface area contributed by atoms with Crippen molar-refractivity contribution < 1.29 is 4.39 Å². The molecule has 5 rings (SSSR count). The first kappa shape index (κ1) is 21.3. The molecule has 5 aromatic rings. The molecule has 0 unspecified atom stereocenters. The minimum atomic E-state index is -3.18. The van der Waals surface area contributed by atoms with Gasteiger partial charge in [-0.1, -0.05) is 0 Å². The Balaban J connectivity index is 1.90. The van der Waals surface area contributed by atoms with Crippen LogP contribution in [-0.4, -0.2) is 16.4 Å². The van der Waals surface area contributed by atoms with Crippen LogP contribution >= 0.6 is 6.60 Å². The van der Waals surface area contributed by atoms with Gasteiger partial charge in [0.05, 0.1) is 0 Å². The van der Waals surface area contributed by atoms with Crippen molar-refractivity contribution in [2.45, 2.75) is 0 Å². The van der Waals surface area contributed by atoms with Gasteiger partial charge in [-0.15, -0.1) is 0 Å². The number of benzene rings is 4. The summed E-state index contributed by atoms with van der Waals surface area (Å²) < 4.78 is 15.5. The monoisotopic (exact) mass is 452 g/mol. The summed E-state index contributed by atoms with van der Waals surface area (Å²) in [5, 5.41) is 8.93. The van der Waals surface area contributed by atoms with Gasteiger partial charge in [-0.05, 0) is 0 Å². The van der Waals surface area contributed by atoms with Gasteiger partial charge in [-0.25, -0.2) is 0 Å². The number of nitrogens with zero attached hydrogens (tertiary/aromatic N) is 2. The van der Waals surface area contributed by atoms with E-state index in [1.807, 2.05) is 23.9 Å². The quantitative estimate of drug-likeness (QED) is 0.343. The predicted octanol–water partition coefficient (Wildman–Crippen LogP) is 5.01. The van der Waals surface area contributed by atoms with Crippen LogP contribution < -0.4 is 21.3 Å². The van der Waals surface area contributed by atoms with E-state index < -0.39 is 6.60 Å². The molecule has 4 heteroatoms. The Kier molecular flexibility index (Phi) is 5.23. The third kappa shape index (κ3) is 3.23. The molecule has 1 heterocycles. The van der Waals surface area contributed by atoms with E-state index in [1.54, 1.807) is 0 Å². The molecule has 33 heavy (non-hydrogen) atoms. The molecule has 164 valence electrons. The molecule has 0 saturated heterocycles. The van der Waals surface area contributed by atoms with E-state index in [0.717, 1.165) is 16.7 Å². The van der Waals surface area contributed by atoms with Crippen molar-refractivity contribution in [3.8, 4) is 11.3 Å². The van der Waals surface area contributed by atoms with Crippen molar-refractivity contribution in [2.24, 2.45) is 7.05 Å². The van der Waals surface area contributed by atoms with Gasteiger partial charge in [0.2, 0.25) is 0 Å². The van der Waals surface area contributed by atoms with Gasteiger partial charge < -0.3 is 0 Å². The summed E-state index contributed by atoms with van der Waals surface area (Å²) in [4.78, 5) is 0. The van der Waals surface area contributed by atoms with Gasteiger partial charge in [0.1, 0.15) is 0 Å². The summed E-state index contributed by atoms with van der Waals surface area (Å²) in [7, 11) is 1.96. The summed E-state index contributed by atoms with van der Waals surface area (Å²) in [6.45, 7) is -0.794. The van der Waals surface area contributed by atoms with Crippen LogP contribution in [0.4, 0.5) is 4.39 Å². The molecule has 0 aliphatic heterocycles. The molecule has 0 radical (unpaired) electrons. The molecule has 0 aliphatic carbocycles. The van der Waals surface area contributed by atoms with Crippen LogP contribution in [0.3, 0.4) is 0 Å². The summed E-state index contributed by atoms with van der Waals surface area (Å²) in [5.74, 6) is -0.242. The number of hydrogen-bond acceptors (Lipinski definition) is 1. The summed E-state index contributed by atoms with van der Waals surface area (Å²) in [6.07, 6.45) is 0. The normalized spacial score (nSPS) is 12.8. The minimum absolute atomic E-state index is 0.242. The first-order valence-corrected chi connectivity index (χ1v) is 13.7. The van der Waals surface area contributed by atoms with Gasteiger partial charge in [-0.3, -0.25) is 0 Å². The van der Waals surface area contributed by atoms with Crippen LogP contribution in [0.5, 0.6) is 0 Å². The first-order valence-electron chi connectivity index (χ1n) is 11.0. The number of aryl methyl sites for hydroxylation is 1. The molecule has 0 aliphatic rings. The van der Waals surface area contributed by atoms with Crippen LogP contribution in [-0.2, 0) is 7.05 Å². The fourth-order valence-corrected chi connectivity index (χ4v) is 10.1. The van der Waals surface area contributed by atoms with E-state index >= 15 is 0 Å². The Morgan fingerprint density at radius 3 is 1.48 bits per heavy atom. The molecule has 0 spiro atoms. The number of aromatic nitrogens is 2. The third-order valence-corrected chi connectivity index (χ3v) is 12.9. The van der Waals surface area contributed by atoms with Crippen molar-refractivity contribution in [1.29, 1.82) is 0 Å². The molecule has 0 atom stereocenters. The van der Waals surface area contributed by atoms with E-state index in [4.69, 9.17) is 5.10 Å². The SMILES string of the molecule is Cn1nc(P(C)(c2ccccc2)(c2ccccc2)c2ccccc2)cc1-c1ccc(F)cc1. The molecular formula is C29H26FN2P. The molecule has 0 amide bonds. The van der Waals surface area contributed by atoms with E-state index in [9.17, 15) is 4.39 Å². The topological polar surface area (TPSA) is 17.8 Å². The van der Waals surface area contributed by atoms with Crippen molar-refractivity contribution in [3.63, 3.8) is 0 Å². The number of rotatable bonds is 5. The van der Waals surface area contributed by atoms with E-state index in [-0.39, 0.29) is 5.82 Å². The molecule has 4 aromatic carbocycles. The standard InChI is InChI=1S/C29H26FN2P/c1-32-28(23-18-20-24(30)21-19-23)22-29(31-32)33(2,25-12-6-3-7-13-25,26-14-8-4-9-15-26)27-16-10-5-11-17-27/h3-22H,1-2H3. The zero-order valence-electron chi connectivity index (χ0n) is 18.8. The Morgan fingerprint density at radius 1 is 0.636 bits per heavy atom. The van der Waals surface area contributed by atoms with Crippen molar-refractivity contribution >= 4 is 28.0 Å². The van der Waals surface area contributed by atoms with Gasteiger partial charge in [-0.2, -0.15) is 0 Å². The van der Waals surface area contributed by atoms with Crippen LogP contribution in [0.15, 0.2) is 121 Å². The van der Waals surface area contributed by atoms with Gasteiger partial charge in [0.15, 0.2) is 0 Å². The van der Waals surface area contributed by atoms with Crippen LogP contribution in [0, 0.1) is 5.82 Å². The second-order valence-electron chi connectivity index (χ2n) is 8.59. The van der Waals surface area contributed by atoms with E-state index in [0.29, 0.717) is 0 Å². The zero-order valence-corrected chi connectivity index (χ0v) is 19.7. The fourth-order valence-electron chi connectivity index (χ4n) is 4.86. The van der Waals surface area contributed by atoms with Crippen molar-refractivity contribution in [2.75, 3.05) is 6.66 Å². The fraction of sp³-hybridized carbons (Fsp3) is 0.0690. The zero-order chi connectivity index (χ0) is 22.9. The van der Waals surface area contributed by atoms with Crippen molar-refractivity contribution in [1.82, 2.24) is 9.78 Å². The Labute approximate surface area is 194 Å². The second kappa shape index (κ2) is 8.10. The molecule has 0 fully saturated rings. The first-order chi connectivity index (χ1) is 16.0. The summed E-state index contributed by atoms with van der Waals surface area (Å²) in [5.41, 5.74) is 2.94. The Hall–Kier alpha value is -3.55. The summed E-state index contributed by atoms with van der Waals surface area (Å²) in [6, 6.07) is 41.0. The molecule has 1 aromatic heterocycles.